The highest BCUT2D eigenvalue weighted by molar-refractivity contribution is 9.09. The van der Waals surface area contributed by atoms with Crippen LogP contribution in [0.5, 0.6) is 0 Å². The van der Waals surface area contributed by atoms with Gasteiger partial charge < -0.3 is 4.90 Å². The van der Waals surface area contributed by atoms with Gasteiger partial charge in [0, 0.05) is 38.1 Å². The quantitative estimate of drug-likeness (QED) is 0.793. The van der Waals surface area contributed by atoms with Crippen LogP contribution in [0, 0.1) is 6.92 Å². The van der Waals surface area contributed by atoms with Gasteiger partial charge in [0.25, 0.3) is 0 Å². The van der Waals surface area contributed by atoms with E-state index in [1.165, 1.54) is 0 Å². The van der Waals surface area contributed by atoms with Crippen LogP contribution in [0.2, 0.25) is 0 Å². The van der Waals surface area contributed by atoms with Crippen LogP contribution < -0.4 is 0 Å². The van der Waals surface area contributed by atoms with E-state index >= 15 is 0 Å². The van der Waals surface area contributed by atoms with Crippen molar-refractivity contribution in [1.29, 1.82) is 0 Å². The van der Waals surface area contributed by atoms with Crippen LogP contribution in [0.1, 0.15) is 10.7 Å². The highest BCUT2D eigenvalue weighted by Gasteiger charge is 2.20. The van der Waals surface area contributed by atoms with Gasteiger partial charge in [-0.15, -0.1) is 11.3 Å². The van der Waals surface area contributed by atoms with Gasteiger partial charge >= 0.3 is 0 Å². The van der Waals surface area contributed by atoms with E-state index in [2.05, 4.69) is 31.2 Å². The molecule has 2 rings (SSSR count). The van der Waals surface area contributed by atoms with E-state index in [0.717, 1.165) is 43.4 Å². The second kappa shape index (κ2) is 5.93. The maximum absolute atomic E-state index is 11.5. The topological polar surface area (TPSA) is 36.4 Å². The summed E-state index contributed by atoms with van der Waals surface area (Å²) >= 11 is 4.90. The largest absolute Gasteiger partial charge is 0.339 e. The molecule has 4 nitrogen and oxygen atoms in total. The molecule has 0 radical (unpaired) electrons. The molecule has 94 valence electrons. The molecule has 1 aliphatic heterocycles. The minimum absolute atomic E-state index is 0.189. The van der Waals surface area contributed by atoms with E-state index in [4.69, 9.17) is 0 Å². The first kappa shape index (κ1) is 13.0. The predicted octanol–water partition coefficient (Wildman–Crippen LogP) is 1.49. The molecule has 17 heavy (non-hydrogen) atoms. The monoisotopic (exact) mass is 317 g/mol. The van der Waals surface area contributed by atoms with E-state index in [9.17, 15) is 4.79 Å². The van der Waals surface area contributed by atoms with Crippen LogP contribution in [0.4, 0.5) is 0 Å². The number of halogens is 1. The Balaban J connectivity index is 1.81. The zero-order valence-corrected chi connectivity index (χ0v) is 12.3. The lowest BCUT2D eigenvalue weighted by Crippen LogP contribution is -2.48. The van der Waals surface area contributed by atoms with Gasteiger partial charge in [-0.05, 0) is 6.92 Å². The Hall–Kier alpha value is -0.460. The number of aryl methyl sites for hydroxylation is 1. The third kappa shape index (κ3) is 3.50. The Morgan fingerprint density at radius 3 is 2.71 bits per heavy atom. The summed E-state index contributed by atoms with van der Waals surface area (Å²) < 4.78 is 0. The third-order valence-corrected chi connectivity index (χ3v) is 4.19. The summed E-state index contributed by atoms with van der Waals surface area (Å²) in [7, 11) is 0. The lowest BCUT2D eigenvalue weighted by molar-refractivity contribution is -0.130. The standard InChI is InChI=1S/C11H16BrN3OS/c1-9-13-10(8-17-9)7-14-2-4-15(5-3-14)11(16)6-12/h8H,2-7H2,1H3. The number of nitrogens with zero attached hydrogens (tertiary/aromatic N) is 3. The molecule has 6 heteroatoms. The van der Waals surface area contributed by atoms with Crippen molar-refractivity contribution in [3.63, 3.8) is 0 Å². The summed E-state index contributed by atoms with van der Waals surface area (Å²) in [6.45, 7) is 6.47. The summed E-state index contributed by atoms with van der Waals surface area (Å²) in [5.41, 5.74) is 1.15. The van der Waals surface area contributed by atoms with E-state index < -0.39 is 0 Å². The second-order valence-electron chi connectivity index (χ2n) is 4.15. The minimum Gasteiger partial charge on any atom is -0.339 e. The van der Waals surface area contributed by atoms with Crippen LogP contribution in [0.15, 0.2) is 5.38 Å². The lowest BCUT2D eigenvalue weighted by atomic mass is 10.3. The fourth-order valence-corrected chi connectivity index (χ4v) is 2.91. The number of piperazine rings is 1. The van der Waals surface area contributed by atoms with Gasteiger partial charge in [-0.3, -0.25) is 9.69 Å². The van der Waals surface area contributed by atoms with Crippen LogP contribution in [0.3, 0.4) is 0 Å². The van der Waals surface area contributed by atoms with Gasteiger partial charge in [-0.2, -0.15) is 0 Å². The molecule has 0 atom stereocenters. The molecule has 1 aromatic heterocycles. The van der Waals surface area contributed by atoms with E-state index in [1.54, 1.807) is 11.3 Å². The molecular formula is C11H16BrN3OS. The fourth-order valence-electron chi connectivity index (χ4n) is 1.95. The van der Waals surface area contributed by atoms with Gasteiger partial charge in [0.05, 0.1) is 16.0 Å². The van der Waals surface area contributed by atoms with Crippen LogP contribution in [0.25, 0.3) is 0 Å². The molecule has 0 saturated carbocycles. The number of aromatic nitrogens is 1. The molecule has 1 aliphatic rings. The zero-order chi connectivity index (χ0) is 12.3. The number of rotatable bonds is 3. The van der Waals surface area contributed by atoms with Gasteiger partial charge in [-0.1, -0.05) is 15.9 Å². The van der Waals surface area contributed by atoms with Crippen molar-refractivity contribution in [2.75, 3.05) is 31.5 Å². The minimum atomic E-state index is 0.189. The summed E-state index contributed by atoms with van der Waals surface area (Å²) in [4.78, 5) is 20.2. The SMILES string of the molecule is Cc1nc(CN2CCN(C(=O)CBr)CC2)cs1. The number of carbonyl (C=O) groups excluding carboxylic acids is 1. The number of alkyl halides is 1. The molecule has 0 unspecified atom stereocenters. The smallest absolute Gasteiger partial charge is 0.233 e. The number of hydrogen-bond acceptors (Lipinski definition) is 4. The van der Waals surface area contributed by atoms with Gasteiger partial charge in [-0.25, -0.2) is 4.98 Å². The predicted molar refractivity (Wildman–Crippen MR) is 72.5 cm³/mol. The molecule has 0 bridgehead atoms. The average Bonchev–Trinajstić information content (AvgIpc) is 2.75. The number of carbonyl (C=O) groups is 1. The van der Waals surface area contributed by atoms with E-state index in [1.807, 2.05) is 11.8 Å². The van der Waals surface area contributed by atoms with Crippen molar-refractivity contribution >= 4 is 33.2 Å². The molecule has 0 spiro atoms. The molecule has 0 aromatic carbocycles. The average molecular weight is 318 g/mol. The summed E-state index contributed by atoms with van der Waals surface area (Å²) in [5, 5.41) is 3.66. The molecule has 0 N–H and O–H groups in total. The summed E-state index contributed by atoms with van der Waals surface area (Å²) in [6, 6.07) is 0. The van der Waals surface area contributed by atoms with Crippen LogP contribution >= 0.6 is 27.3 Å². The Bertz CT molecular complexity index is 388. The normalized spacial score (nSPS) is 17.4. The van der Waals surface area contributed by atoms with E-state index in [0.29, 0.717) is 5.33 Å². The molecule has 0 aliphatic carbocycles. The number of amides is 1. The molecule has 1 amide bonds. The van der Waals surface area contributed by atoms with Gasteiger partial charge in [0.2, 0.25) is 5.91 Å². The Labute approximate surface area is 114 Å². The zero-order valence-electron chi connectivity index (χ0n) is 9.86. The lowest BCUT2D eigenvalue weighted by Gasteiger charge is -2.34. The fraction of sp³-hybridized carbons (Fsp3) is 0.636. The number of hydrogen-bond donors (Lipinski definition) is 0. The molecule has 1 fully saturated rings. The first-order valence-electron chi connectivity index (χ1n) is 5.66. The van der Waals surface area contributed by atoms with Crippen molar-refractivity contribution in [2.24, 2.45) is 0 Å². The first-order chi connectivity index (χ1) is 8.19. The third-order valence-electron chi connectivity index (χ3n) is 2.89. The molecular weight excluding hydrogens is 302 g/mol. The Morgan fingerprint density at radius 1 is 1.47 bits per heavy atom. The van der Waals surface area contributed by atoms with Crippen LogP contribution in [-0.4, -0.2) is 52.2 Å². The number of thiazole rings is 1. The molecule has 1 aromatic rings. The second-order valence-corrected chi connectivity index (χ2v) is 5.77. The van der Waals surface area contributed by atoms with Crippen molar-refractivity contribution in [1.82, 2.24) is 14.8 Å². The Morgan fingerprint density at radius 2 is 2.18 bits per heavy atom. The van der Waals surface area contributed by atoms with Gasteiger partial charge in [0.1, 0.15) is 0 Å². The summed E-state index contributed by atoms with van der Waals surface area (Å²) in [6.07, 6.45) is 0. The van der Waals surface area contributed by atoms with Crippen molar-refractivity contribution in [2.45, 2.75) is 13.5 Å². The van der Waals surface area contributed by atoms with Crippen molar-refractivity contribution < 1.29 is 4.79 Å². The maximum atomic E-state index is 11.5. The highest BCUT2D eigenvalue weighted by Crippen LogP contribution is 2.12. The Kier molecular flexibility index (Phi) is 4.53. The summed E-state index contributed by atoms with van der Waals surface area (Å²) in [5.74, 6) is 0.189. The van der Waals surface area contributed by atoms with E-state index in [-0.39, 0.29) is 5.91 Å². The molecule has 1 saturated heterocycles. The van der Waals surface area contributed by atoms with Crippen molar-refractivity contribution in [3.8, 4) is 0 Å². The van der Waals surface area contributed by atoms with Crippen LogP contribution in [-0.2, 0) is 11.3 Å². The molecule has 2 heterocycles. The van der Waals surface area contributed by atoms with Crippen molar-refractivity contribution in [3.05, 3.63) is 16.1 Å². The highest BCUT2D eigenvalue weighted by atomic mass is 79.9. The van der Waals surface area contributed by atoms with Gasteiger partial charge in [0.15, 0.2) is 0 Å². The maximum Gasteiger partial charge on any atom is 0.233 e. The first-order valence-corrected chi connectivity index (χ1v) is 7.66.